The van der Waals surface area contributed by atoms with Crippen LogP contribution in [0.1, 0.15) is 23.5 Å². The minimum Gasteiger partial charge on any atom is -0.356 e. The van der Waals surface area contributed by atoms with Crippen LogP contribution in [-0.2, 0) is 6.42 Å². The van der Waals surface area contributed by atoms with Crippen LogP contribution in [0.25, 0.3) is 11.0 Å². The second-order valence-corrected chi connectivity index (χ2v) is 5.55. The molecule has 23 heavy (non-hydrogen) atoms. The van der Waals surface area contributed by atoms with E-state index in [2.05, 4.69) is 32.6 Å². The summed E-state index contributed by atoms with van der Waals surface area (Å²) in [4.78, 5) is 6.76. The largest absolute Gasteiger partial charge is 0.356 e. The third-order valence-corrected chi connectivity index (χ3v) is 4.06. The summed E-state index contributed by atoms with van der Waals surface area (Å²) in [5, 5.41) is 12.6. The molecule has 0 saturated carbocycles. The summed E-state index contributed by atoms with van der Waals surface area (Å²) in [5.74, 6) is 1.28. The average molecular weight is 336 g/mol. The van der Waals surface area contributed by atoms with Crippen molar-refractivity contribution < 1.29 is 9.05 Å². The standard InChI is InChI=1S/C15H17N5O2.ClH/c1-20-7-6-16-9-12(20)15-17-14(22-19-15)8-11-10-4-2-3-5-13(10)21-18-11;/h2-5,12,16H,6-9H2,1H3;1H. The number of aromatic nitrogens is 3. The maximum atomic E-state index is 5.39. The SMILES string of the molecule is CN1CCNCC1c1noc(Cc2noc3ccccc23)n1.Cl. The van der Waals surface area contributed by atoms with E-state index < -0.39 is 0 Å². The van der Waals surface area contributed by atoms with E-state index in [1.165, 1.54) is 0 Å². The number of rotatable bonds is 3. The van der Waals surface area contributed by atoms with Gasteiger partial charge in [0, 0.05) is 25.0 Å². The van der Waals surface area contributed by atoms with E-state index in [1.54, 1.807) is 0 Å². The highest BCUT2D eigenvalue weighted by Gasteiger charge is 2.25. The van der Waals surface area contributed by atoms with Crippen LogP contribution >= 0.6 is 12.4 Å². The number of benzene rings is 1. The maximum Gasteiger partial charge on any atom is 0.232 e. The molecule has 1 saturated heterocycles. The zero-order chi connectivity index (χ0) is 14.9. The van der Waals surface area contributed by atoms with Gasteiger partial charge < -0.3 is 14.4 Å². The molecule has 8 heteroatoms. The van der Waals surface area contributed by atoms with Crippen molar-refractivity contribution in [2.45, 2.75) is 12.5 Å². The molecular formula is C15H18ClN5O2. The molecule has 1 unspecified atom stereocenters. The number of piperazine rings is 1. The lowest BCUT2D eigenvalue weighted by Gasteiger charge is -2.30. The molecule has 0 aliphatic carbocycles. The first-order valence-corrected chi connectivity index (χ1v) is 7.38. The number of nitrogens with one attached hydrogen (secondary N) is 1. The molecule has 0 bridgehead atoms. The first-order chi connectivity index (χ1) is 10.8. The molecule has 1 aliphatic heterocycles. The van der Waals surface area contributed by atoms with Crippen LogP contribution in [-0.4, -0.2) is 46.9 Å². The monoisotopic (exact) mass is 335 g/mol. The van der Waals surface area contributed by atoms with Gasteiger partial charge in [-0.2, -0.15) is 4.98 Å². The minimum absolute atomic E-state index is 0. The molecule has 4 rings (SSSR count). The van der Waals surface area contributed by atoms with Crippen LogP contribution in [0.3, 0.4) is 0 Å². The third kappa shape index (κ3) is 3.08. The van der Waals surface area contributed by atoms with Gasteiger partial charge in [0.25, 0.3) is 0 Å². The van der Waals surface area contributed by atoms with Crippen LogP contribution in [0.15, 0.2) is 33.3 Å². The summed E-state index contributed by atoms with van der Waals surface area (Å²) in [7, 11) is 2.08. The predicted molar refractivity (Wildman–Crippen MR) is 86.6 cm³/mol. The Morgan fingerprint density at radius 1 is 1.26 bits per heavy atom. The van der Waals surface area contributed by atoms with Gasteiger partial charge in [-0.3, -0.25) is 4.90 Å². The molecule has 3 heterocycles. The quantitative estimate of drug-likeness (QED) is 0.781. The van der Waals surface area contributed by atoms with Crippen molar-refractivity contribution in [3.63, 3.8) is 0 Å². The number of fused-ring (bicyclic) bond motifs is 1. The Hall–Kier alpha value is -1.96. The first-order valence-electron chi connectivity index (χ1n) is 7.38. The molecule has 1 N–H and O–H groups in total. The van der Waals surface area contributed by atoms with Gasteiger partial charge in [0.1, 0.15) is 5.69 Å². The van der Waals surface area contributed by atoms with Crippen molar-refractivity contribution in [3.8, 4) is 0 Å². The van der Waals surface area contributed by atoms with Gasteiger partial charge in [-0.15, -0.1) is 12.4 Å². The Bertz CT molecular complexity index is 787. The van der Waals surface area contributed by atoms with Crippen LogP contribution in [0.4, 0.5) is 0 Å². The molecule has 0 amide bonds. The molecule has 122 valence electrons. The van der Waals surface area contributed by atoms with Crippen LogP contribution in [0.5, 0.6) is 0 Å². The first kappa shape index (κ1) is 15.9. The van der Waals surface area contributed by atoms with Gasteiger partial charge in [0.15, 0.2) is 11.4 Å². The summed E-state index contributed by atoms with van der Waals surface area (Å²) >= 11 is 0. The van der Waals surface area contributed by atoms with Gasteiger partial charge >= 0.3 is 0 Å². The van der Waals surface area contributed by atoms with E-state index in [0.717, 1.165) is 42.1 Å². The Morgan fingerprint density at radius 2 is 2.13 bits per heavy atom. The summed E-state index contributed by atoms with van der Waals surface area (Å²) in [6.45, 7) is 2.80. The average Bonchev–Trinajstić information content (AvgIpc) is 3.16. The highest BCUT2D eigenvalue weighted by atomic mass is 35.5. The van der Waals surface area contributed by atoms with Gasteiger partial charge in [-0.1, -0.05) is 22.4 Å². The molecule has 1 atom stereocenters. The van der Waals surface area contributed by atoms with E-state index in [-0.39, 0.29) is 18.4 Å². The Balaban J connectivity index is 0.00000156. The topological polar surface area (TPSA) is 80.2 Å². The van der Waals surface area contributed by atoms with Gasteiger partial charge in [-0.25, -0.2) is 0 Å². The zero-order valence-electron chi connectivity index (χ0n) is 12.7. The van der Waals surface area contributed by atoms with Crippen molar-refractivity contribution >= 4 is 23.4 Å². The summed E-state index contributed by atoms with van der Waals surface area (Å²) in [6.07, 6.45) is 0.480. The number of hydrogen-bond acceptors (Lipinski definition) is 7. The predicted octanol–water partition coefficient (Wildman–Crippen LogP) is 1.80. The molecule has 0 radical (unpaired) electrons. The van der Waals surface area contributed by atoms with Gasteiger partial charge in [0.05, 0.1) is 12.5 Å². The van der Waals surface area contributed by atoms with Gasteiger partial charge in [0.2, 0.25) is 5.89 Å². The molecule has 1 aliphatic rings. The van der Waals surface area contributed by atoms with Crippen LogP contribution in [0, 0.1) is 0 Å². The lowest BCUT2D eigenvalue weighted by molar-refractivity contribution is 0.190. The molecule has 1 fully saturated rings. The van der Waals surface area contributed by atoms with E-state index in [9.17, 15) is 0 Å². The fourth-order valence-electron chi connectivity index (χ4n) is 2.78. The van der Waals surface area contributed by atoms with Crippen molar-refractivity contribution in [2.24, 2.45) is 0 Å². The van der Waals surface area contributed by atoms with Crippen molar-refractivity contribution in [1.29, 1.82) is 0 Å². The van der Waals surface area contributed by atoms with E-state index in [0.29, 0.717) is 12.3 Å². The summed E-state index contributed by atoms with van der Waals surface area (Å²) < 4.78 is 10.7. The van der Waals surface area contributed by atoms with Crippen LogP contribution in [0.2, 0.25) is 0 Å². The fourth-order valence-corrected chi connectivity index (χ4v) is 2.78. The molecule has 1 aromatic carbocycles. The highest BCUT2D eigenvalue weighted by molar-refractivity contribution is 5.85. The number of para-hydroxylation sites is 1. The molecule has 7 nitrogen and oxygen atoms in total. The normalized spacial score (nSPS) is 18.9. The Morgan fingerprint density at radius 3 is 3.00 bits per heavy atom. The molecular weight excluding hydrogens is 318 g/mol. The van der Waals surface area contributed by atoms with Crippen molar-refractivity contribution in [3.05, 3.63) is 41.7 Å². The fraction of sp³-hybridized carbons (Fsp3) is 0.400. The smallest absolute Gasteiger partial charge is 0.232 e. The Labute approximate surface area is 139 Å². The van der Waals surface area contributed by atoms with E-state index in [4.69, 9.17) is 9.05 Å². The molecule has 0 spiro atoms. The number of nitrogens with zero attached hydrogens (tertiary/aromatic N) is 4. The molecule has 2 aromatic heterocycles. The van der Waals surface area contributed by atoms with Crippen LogP contribution < -0.4 is 5.32 Å². The Kier molecular flexibility index (Phi) is 4.61. The van der Waals surface area contributed by atoms with Crippen molar-refractivity contribution in [1.82, 2.24) is 25.5 Å². The number of hydrogen-bond donors (Lipinski definition) is 1. The van der Waals surface area contributed by atoms with Crippen molar-refractivity contribution in [2.75, 3.05) is 26.7 Å². The second kappa shape index (κ2) is 6.66. The highest BCUT2D eigenvalue weighted by Crippen LogP contribution is 2.22. The lowest BCUT2D eigenvalue weighted by Crippen LogP contribution is -2.44. The second-order valence-electron chi connectivity index (χ2n) is 5.55. The summed E-state index contributed by atoms with van der Waals surface area (Å²) in [5.41, 5.74) is 1.59. The minimum atomic E-state index is 0. The lowest BCUT2D eigenvalue weighted by atomic mass is 10.1. The molecule has 3 aromatic rings. The number of halogens is 1. The number of likely N-dealkylation sites (N-methyl/N-ethyl adjacent to an activating group) is 1. The van der Waals surface area contributed by atoms with Gasteiger partial charge in [-0.05, 0) is 19.2 Å². The summed E-state index contributed by atoms with van der Waals surface area (Å²) in [6, 6.07) is 7.92. The third-order valence-electron chi connectivity index (χ3n) is 4.06. The van der Waals surface area contributed by atoms with E-state index in [1.807, 2.05) is 24.3 Å². The zero-order valence-corrected chi connectivity index (χ0v) is 13.5. The maximum absolute atomic E-state index is 5.39. The van der Waals surface area contributed by atoms with E-state index >= 15 is 0 Å².